The van der Waals surface area contributed by atoms with Crippen LogP contribution >= 0.6 is 12.0 Å². The third-order valence-electron chi connectivity index (χ3n) is 6.70. The predicted octanol–water partition coefficient (Wildman–Crippen LogP) is 0.704. The zero-order valence-corrected chi connectivity index (χ0v) is 18.7. The fourth-order valence-electron chi connectivity index (χ4n) is 5.13. The number of hydrogen-bond acceptors (Lipinski definition) is 9. The maximum Gasteiger partial charge on any atom is 0.241 e. The highest BCUT2D eigenvalue weighted by Gasteiger charge is 2.51. The Morgan fingerprint density at radius 1 is 1.38 bits per heavy atom. The Morgan fingerprint density at radius 3 is 2.78 bits per heavy atom. The van der Waals surface area contributed by atoms with Crippen molar-refractivity contribution in [2.24, 2.45) is 11.6 Å². The smallest absolute Gasteiger partial charge is 0.241 e. The Hall–Kier alpha value is -2.20. The van der Waals surface area contributed by atoms with Crippen LogP contribution in [-0.2, 0) is 18.9 Å². The van der Waals surface area contributed by atoms with Gasteiger partial charge in [-0.05, 0) is 43.9 Å². The number of carbonyl (C=O) groups is 2. The van der Waals surface area contributed by atoms with Crippen molar-refractivity contribution >= 4 is 23.9 Å². The Bertz CT molecular complexity index is 893. The fourth-order valence-corrected chi connectivity index (χ4v) is 5.49. The summed E-state index contributed by atoms with van der Waals surface area (Å²) >= 11 is 1.01. The van der Waals surface area contributed by atoms with Crippen LogP contribution in [0.1, 0.15) is 37.8 Å². The first kappa shape index (κ1) is 23.0. The zero-order valence-electron chi connectivity index (χ0n) is 17.9. The highest BCUT2D eigenvalue weighted by molar-refractivity contribution is 7.94. The van der Waals surface area contributed by atoms with Crippen molar-refractivity contribution in [1.82, 2.24) is 14.7 Å². The summed E-state index contributed by atoms with van der Waals surface area (Å²) in [7, 11) is 0. The molecule has 10 nitrogen and oxygen atoms in total. The summed E-state index contributed by atoms with van der Waals surface area (Å²) in [6.45, 7) is 3.62. The molecule has 0 spiro atoms. The van der Waals surface area contributed by atoms with E-state index in [-0.39, 0.29) is 36.0 Å². The second kappa shape index (κ2) is 9.74. The molecule has 3 aliphatic heterocycles. The molecule has 3 fully saturated rings. The lowest BCUT2D eigenvalue weighted by Crippen LogP contribution is -2.56. The Kier molecular flexibility index (Phi) is 6.99. The van der Waals surface area contributed by atoms with Crippen molar-refractivity contribution in [3.8, 4) is 6.07 Å². The minimum absolute atomic E-state index is 0.0679. The molecule has 2 amide bonds. The van der Waals surface area contributed by atoms with Gasteiger partial charge in [0.2, 0.25) is 11.8 Å². The van der Waals surface area contributed by atoms with Crippen molar-refractivity contribution in [2.45, 2.75) is 61.3 Å². The van der Waals surface area contributed by atoms with Crippen molar-refractivity contribution in [1.29, 1.82) is 5.26 Å². The van der Waals surface area contributed by atoms with E-state index in [2.05, 4.69) is 15.4 Å². The van der Waals surface area contributed by atoms with Gasteiger partial charge >= 0.3 is 0 Å². The Morgan fingerprint density at radius 2 is 2.12 bits per heavy atom. The minimum Gasteiger partial charge on any atom is -0.330 e. The number of nitrogens with two attached hydrogens (primary N) is 2. The second-order valence-electron chi connectivity index (χ2n) is 8.52. The van der Waals surface area contributed by atoms with E-state index in [1.54, 1.807) is 4.90 Å². The van der Waals surface area contributed by atoms with E-state index in [0.717, 1.165) is 35.3 Å². The normalized spacial score (nSPS) is 27.1. The summed E-state index contributed by atoms with van der Waals surface area (Å²) in [6.07, 6.45) is 2.26. The maximum atomic E-state index is 13.2. The van der Waals surface area contributed by atoms with Gasteiger partial charge in [-0.15, -0.1) is 9.32 Å². The van der Waals surface area contributed by atoms with Gasteiger partial charge in [-0.25, -0.2) is 0 Å². The highest BCUT2D eigenvalue weighted by atomic mass is 32.2. The molecule has 1 aromatic carbocycles. The molecular formula is C21H28N6O4S. The molecule has 3 aliphatic rings. The van der Waals surface area contributed by atoms with Crippen molar-refractivity contribution in [3.05, 3.63) is 29.8 Å². The average molecular weight is 461 g/mol. The summed E-state index contributed by atoms with van der Waals surface area (Å²) in [5.74, 6) is 4.73. The maximum absolute atomic E-state index is 13.2. The molecule has 0 aromatic heterocycles. The first-order valence-electron chi connectivity index (χ1n) is 10.8. The number of piperazine rings is 1. The topological polar surface area (TPSA) is 138 Å². The molecule has 0 saturated carbocycles. The van der Waals surface area contributed by atoms with Crippen LogP contribution in [0.25, 0.3) is 0 Å². The minimum atomic E-state index is -0.730. The number of nitrogens with zero attached hydrogens (tertiary/aromatic N) is 4. The quantitative estimate of drug-likeness (QED) is 0.326. The molecule has 3 saturated heterocycles. The van der Waals surface area contributed by atoms with E-state index in [1.807, 2.05) is 41.0 Å². The lowest BCUT2D eigenvalue weighted by molar-refractivity contribution is -0.195. The lowest BCUT2D eigenvalue weighted by Gasteiger charge is -2.38. The standard InChI is InChI=1S/C21H28N6O4S/c1-13(14-4-6-17(7-5-14)32-31-30-24)27-16-9-19(21(27)29)25(11-16)12-18(23)20(28)26-8-2-3-15(26)10-22/h4-7,13,15-16,18-19H,2-3,8-9,11-12,23-24H2,1H3/t13-,15+,16?,18+,19-/m1/s1. The number of hydrogen-bond donors (Lipinski definition) is 2. The molecule has 1 aromatic rings. The fraction of sp³-hybridized carbons (Fsp3) is 0.571. The molecule has 32 heavy (non-hydrogen) atoms. The van der Waals surface area contributed by atoms with E-state index in [0.29, 0.717) is 26.1 Å². The second-order valence-corrected chi connectivity index (χ2v) is 9.30. The van der Waals surface area contributed by atoms with Crippen LogP contribution in [0, 0.1) is 11.3 Å². The van der Waals surface area contributed by atoms with Crippen LogP contribution in [0.3, 0.4) is 0 Å². The number of rotatable bonds is 8. The number of likely N-dealkylation sites (tertiary alicyclic amines) is 3. The van der Waals surface area contributed by atoms with Crippen LogP contribution in [0.4, 0.5) is 0 Å². The van der Waals surface area contributed by atoms with Gasteiger partial charge in [-0.1, -0.05) is 12.1 Å². The monoisotopic (exact) mass is 460 g/mol. The molecule has 3 heterocycles. The predicted molar refractivity (Wildman–Crippen MR) is 116 cm³/mol. The molecule has 1 unspecified atom stereocenters. The van der Waals surface area contributed by atoms with Gasteiger partial charge in [-0.2, -0.15) is 11.2 Å². The molecule has 11 heteroatoms. The zero-order chi connectivity index (χ0) is 22.8. The van der Waals surface area contributed by atoms with Gasteiger partial charge in [0.15, 0.2) is 0 Å². The SMILES string of the molecule is C[C@H](c1ccc(SOON)cc1)N1C(=O)[C@H]2CC1CN2C[C@H](N)C(=O)N1CCC[C@H]1C#N. The van der Waals surface area contributed by atoms with Gasteiger partial charge in [0.25, 0.3) is 0 Å². The molecule has 0 radical (unpaired) electrons. The third-order valence-corrected chi connectivity index (χ3v) is 7.31. The van der Waals surface area contributed by atoms with Gasteiger partial charge in [0.1, 0.15) is 6.04 Å². The van der Waals surface area contributed by atoms with Gasteiger partial charge in [0, 0.05) is 30.6 Å². The van der Waals surface area contributed by atoms with Gasteiger partial charge in [0.05, 0.1) is 36.2 Å². The first-order valence-corrected chi connectivity index (χ1v) is 11.5. The van der Waals surface area contributed by atoms with Crippen LogP contribution < -0.4 is 11.6 Å². The highest BCUT2D eigenvalue weighted by Crippen LogP contribution is 2.38. The summed E-state index contributed by atoms with van der Waals surface area (Å²) in [4.78, 5) is 36.4. The van der Waals surface area contributed by atoms with Gasteiger partial charge < -0.3 is 15.5 Å². The summed E-state index contributed by atoms with van der Waals surface area (Å²) in [6, 6.07) is 8.52. The summed E-state index contributed by atoms with van der Waals surface area (Å²) in [5.41, 5.74) is 7.24. The molecule has 4 rings (SSSR count). The Balaban J connectivity index is 1.35. The third kappa shape index (κ3) is 4.34. The van der Waals surface area contributed by atoms with Crippen molar-refractivity contribution < 1.29 is 18.9 Å². The molecule has 2 bridgehead atoms. The molecule has 0 aliphatic carbocycles. The van der Waals surface area contributed by atoms with E-state index < -0.39 is 6.04 Å². The molecule has 172 valence electrons. The summed E-state index contributed by atoms with van der Waals surface area (Å²) in [5, 5.41) is 9.24. The largest absolute Gasteiger partial charge is 0.330 e. The number of amides is 2. The van der Waals surface area contributed by atoms with E-state index in [9.17, 15) is 14.9 Å². The molecular weight excluding hydrogens is 432 g/mol. The average Bonchev–Trinajstić information content (AvgIpc) is 3.51. The molecule has 4 N–H and O–H groups in total. The van der Waals surface area contributed by atoms with Crippen LogP contribution in [0.2, 0.25) is 0 Å². The number of carbonyl (C=O) groups excluding carboxylic acids is 2. The van der Waals surface area contributed by atoms with E-state index in [1.165, 1.54) is 0 Å². The summed E-state index contributed by atoms with van der Waals surface area (Å²) < 4.78 is 4.65. The molecule has 5 atom stereocenters. The lowest BCUT2D eigenvalue weighted by atomic mass is 10.1. The van der Waals surface area contributed by atoms with Crippen LogP contribution in [0.15, 0.2) is 29.2 Å². The van der Waals surface area contributed by atoms with Crippen LogP contribution in [0.5, 0.6) is 0 Å². The van der Waals surface area contributed by atoms with E-state index >= 15 is 0 Å². The van der Waals surface area contributed by atoms with Crippen molar-refractivity contribution in [3.63, 3.8) is 0 Å². The number of benzene rings is 1. The Labute approximate surface area is 191 Å². The van der Waals surface area contributed by atoms with Crippen LogP contribution in [-0.4, -0.2) is 70.3 Å². The number of fused-ring (bicyclic) bond motifs is 2. The van der Waals surface area contributed by atoms with Gasteiger partial charge in [-0.3, -0.25) is 14.5 Å². The van der Waals surface area contributed by atoms with Crippen molar-refractivity contribution in [2.75, 3.05) is 19.6 Å². The first-order chi connectivity index (χ1) is 15.4. The van der Waals surface area contributed by atoms with E-state index in [4.69, 9.17) is 11.6 Å². The number of nitriles is 1.